The van der Waals surface area contributed by atoms with E-state index < -0.39 is 17.8 Å². The molecule has 0 spiro atoms. The first kappa shape index (κ1) is 20.9. The Labute approximate surface area is 160 Å². The zero-order valence-corrected chi connectivity index (χ0v) is 16.1. The van der Waals surface area contributed by atoms with Crippen molar-refractivity contribution in [2.24, 2.45) is 0 Å². The predicted molar refractivity (Wildman–Crippen MR) is 101 cm³/mol. The van der Waals surface area contributed by atoms with E-state index >= 15 is 0 Å². The van der Waals surface area contributed by atoms with Gasteiger partial charge < -0.3 is 9.57 Å². The summed E-state index contributed by atoms with van der Waals surface area (Å²) in [5.74, 6) is -1.14. The molecule has 148 valence electrons. The van der Waals surface area contributed by atoms with Gasteiger partial charge in [-0.15, -0.1) is 5.06 Å². The minimum atomic E-state index is -0.740. The molecule has 0 unspecified atom stereocenters. The standard InChI is InChI=1S/C21H29NO5/c1-2-3-4-5-6-7-8-9-15-26-18-12-10-11-17(16-18)21(25)27-22-19(23)13-14-20(22)24/h10-12,16H,2-9,13-15H2,1H3. The monoisotopic (exact) mass is 375 g/mol. The van der Waals surface area contributed by atoms with Crippen molar-refractivity contribution in [3.05, 3.63) is 29.8 Å². The van der Waals surface area contributed by atoms with Crippen molar-refractivity contribution < 1.29 is 24.0 Å². The number of nitrogens with zero attached hydrogens (tertiary/aromatic N) is 1. The normalized spacial score (nSPS) is 13.9. The number of carbonyl (C=O) groups is 3. The highest BCUT2D eigenvalue weighted by molar-refractivity contribution is 6.02. The van der Waals surface area contributed by atoms with Crippen LogP contribution in [0.15, 0.2) is 24.3 Å². The van der Waals surface area contributed by atoms with Gasteiger partial charge in [-0.1, -0.05) is 57.9 Å². The maximum atomic E-state index is 12.1. The molecule has 27 heavy (non-hydrogen) atoms. The second kappa shape index (κ2) is 11.4. The first-order valence-electron chi connectivity index (χ1n) is 9.92. The van der Waals surface area contributed by atoms with Gasteiger partial charge in [-0.05, 0) is 24.6 Å². The molecular formula is C21H29NO5. The maximum absolute atomic E-state index is 12.1. The van der Waals surface area contributed by atoms with E-state index in [2.05, 4.69) is 6.92 Å². The Morgan fingerprint density at radius 3 is 2.26 bits per heavy atom. The summed E-state index contributed by atoms with van der Waals surface area (Å²) < 4.78 is 5.70. The average molecular weight is 375 g/mol. The molecule has 1 aliphatic heterocycles. The third kappa shape index (κ3) is 7.04. The summed E-state index contributed by atoms with van der Waals surface area (Å²) >= 11 is 0. The molecule has 0 bridgehead atoms. The van der Waals surface area contributed by atoms with Gasteiger partial charge in [0.2, 0.25) is 0 Å². The minimum absolute atomic E-state index is 0.0773. The summed E-state index contributed by atoms with van der Waals surface area (Å²) in [5, 5.41) is 0.552. The second-order valence-electron chi connectivity index (χ2n) is 6.81. The van der Waals surface area contributed by atoms with E-state index in [0.717, 1.165) is 12.8 Å². The Morgan fingerprint density at radius 1 is 0.963 bits per heavy atom. The van der Waals surface area contributed by atoms with Gasteiger partial charge in [0.1, 0.15) is 5.75 Å². The Bertz CT molecular complexity index is 627. The van der Waals surface area contributed by atoms with Crippen molar-refractivity contribution in [2.45, 2.75) is 71.1 Å². The first-order chi connectivity index (χ1) is 13.1. The quantitative estimate of drug-likeness (QED) is 0.399. The Kier molecular flexibility index (Phi) is 8.81. The Balaban J connectivity index is 1.69. The number of benzene rings is 1. The van der Waals surface area contributed by atoms with Crippen LogP contribution in [0.3, 0.4) is 0 Å². The van der Waals surface area contributed by atoms with Gasteiger partial charge in [0, 0.05) is 12.8 Å². The number of unbranched alkanes of at least 4 members (excludes halogenated alkanes) is 7. The lowest BCUT2D eigenvalue weighted by Gasteiger charge is -2.13. The lowest BCUT2D eigenvalue weighted by molar-refractivity contribution is -0.172. The van der Waals surface area contributed by atoms with Gasteiger partial charge in [0.15, 0.2) is 0 Å². The largest absolute Gasteiger partial charge is 0.494 e. The molecule has 0 radical (unpaired) electrons. The molecule has 0 saturated carbocycles. The molecule has 1 saturated heterocycles. The fraction of sp³-hybridized carbons (Fsp3) is 0.571. The first-order valence-corrected chi connectivity index (χ1v) is 9.92. The molecule has 0 aromatic heterocycles. The lowest BCUT2D eigenvalue weighted by Crippen LogP contribution is -2.32. The van der Waals surface area contributed by atoms with Crippen LogP contribution < -0.4 is 4.74 Å². The maximum Gasteiger partial charge on any atom is 0.364 e. The number of hydrogen-bond donors (Lipinski definition) is 0. The molecule has 6 heteroatoms. The topological polar surface area (TPSA) is 72.9 Å². The number of hydrogen-bond acceptors (Lipinski definition) is 5. The van der Waals surface area contributed by atoms with Crippen LogP contribution >= 0.6 is 0 Å². The van der Waals surface area contributed by atoms with Crippen LogP contribution in [0.4, 0.5) is 0 Å². The molecule has 2 rings (SSSR count). The zero-order valence-electron chi connectivity index (χ0n) is 16.1. The van der Waals surface area contributed by atoms with Gasteiger partial charge in [0.25, 0.3) is 11.8 Å². The molecule has 0 atom stereocenters. The molecule has 0 aliphatic carbocycles. The van der Waals surface area contributed by atoms with E-state index in [-0.39, 0.29) is 18.4 Å². The summed E-state index contributed by atoms with van der Waals surface area (Å²) in [4.78, 5) is 40.1. The molecule has 1 aromatic carbocycles. The Morgan fingerprint density at radius 2 is 1.59 bits per heavy atom. The van der Waals surface area contributed by atoms with E-state index in [4.69, 9.17) is 9.57 Å². The minimum Gasteiger partial charge on any atom is -0.494 e. The molecular weight excluding hydrogens is 346 g/mol. The highest BCUT2D eigenvalue weighted by atomic mass is 16.7. The summed E-state index contributed by atoms with van der Waals surface area (Å²) in [6.07, 6.45) is 9.97. The second-order valence-corrected chi connectivity index (χ2v) is 6.81. The SMILES string of the molecule is CCCCCCCCCCOc1cccc(C(=O)ON2C(=O)CCC2=O)c1. The van der Waals surface area contributed by atoms with Crippen LogP contribution in [0.2, 0.25) is 0 Å². The van der Waals surface area contributed by atoms with Gasteiger partial charge >= 0.3 is 5.97 Å². The summed E-state index contributed by atoms with van der Waals surface area (Å²) in [6, 6.07) is 6.59. The molecule has 1 heterocycles. The van der Waals surface area contributed by atoms with Crippen molar-refractivity contribution in [1.82, 2.24) is 5.06 Å². The molecule has 6 nitrogen and oxygen atoms in total. The average Bonchev–Trinajstić information content (AvgIpc) is 2.99. The van der Waals surface area contributed by atoms with Crippen molar-refractivity contribution >= 4 is 17.8 Å². The zero-order chi connectivity index (χ0) is 19.5. The van der Waals surface area contributed by atoms with Crippen LogP contribution in [0.1, 0.15) is 81.5 Å². The molecule has 0 N–H and O–H groups in total. The van der Waals surface area contributed by atoms with Gasteiger partial charge in [-0.2, -0.15) is 0 Å². The highest BCUT2D eigenvalue weighted by Crippen LogP contribution is 2.18. The van der Waals surface area contributed by atoms with Crippen molar-refractivity contribution in [3.63, 3.8) is 0 Å². The lowest BCUT2D eigenvalue weighted by atomic mass is 10.1. The molecule has 1 aromatic rings. The number of carbonyl (C=O) groups excluding carboxylic acids is 3. The fourth-order valence-corrected chi connectivity index (χ4v) is 2.93. The van der Waals surface area contributed by atoms with Crippen molar-refractivity contribution in [1.29, 1.82) is 0 Å². The van der Waals surface area contributed by atoms with E-state index in [9.17, 15) is 14.4 Å². The number of imide groups is 1. The van der Waals surface area contributed by atoms with E-state index in [1.807, 2.05) is 0 Å². The van der Waals surface area contributed by atoms with E-state index in [1.54, 1.807) is 24.3 Å². The number of rotatable bonds is 12. The van der Waals surface area contributed by atoms with Gasteiger partial charge in [0.05, 0.1) is 12.2 Å². The van der Waals surface area contributed by atoms with Gasteiger partial charge in [-0.25, -0.2) is 4.79 Å². The fourth-order valence-electron chi connectivity index (χ4n) is 2.93. The van der Waals surface area contributed by atoms with Gasteiger partial charge in [-0.3, -0.25) is 9.59 Å². The molecule has 2 amide bonds. The van der Waals surface area contributed by atoms with Crippen LogP contribution in [0, 0.1) is 0 Å². The molecule has 1 aliphatic rings. The smallest absolute Gasteiger partial charge is 0.364 e. The van der Waals surface area contributed by atoms with Crippen LogP contribution in [0.5, 0.6) is 5.75 Å². The summed E-state index contributed by atoms with van der Waals surface area (Å²) in [6.45, 7) is 2.81. The van der Waals surface area contributed by atoms with E-state index in [0.29, 0.717) is 17.4 Å². The number of hydroxylamine groups is 2. The third-order valence-electron chi connectivity index (χ3n) is 4.52. The highest BCUT2D eigenvalue weighted by Gasteiger charge is 2.33. The van der Waals surface area contributed by atoms with Crippen LogP contribution in [0.25, 0.3) is 0 Å². The molecule has 1 fully saturated rings. The Hall–Kier alpha value is -2.37. The van der Waals surface area contributed by atoms with Crippen LogP contribution in [-0.2, 0) is 14.4 Å². The summed E-state index contributed by atoms with van der Waals surface area (Å²) in [7, 11) is 0. The van der Waals surface area contributed by atoms with E-state index in [1.165, 1.54) is 38.5 Å². The number of amides is 2. The third-order valence-corrected chi connectivity index (χ3v) is 4.52. The van der Waals surface area contributed by atoms with Crippen molar-refractivity contribution in [3.8, 4) is 5.75 Å². The van der Waals surface area contributed by atoms with Crippen molar-refractivity contribution in [2.75, 3.05) is 6.61 Å². The number of ether oxygens (including phenoxy) is 1. The van der Waals surface area contributed by atoms with Crippen LogP contribution in [-0.4, -0.2) is 29.5 Å². The predicted octanol–water partition coefficient (Wildman–Crippen LogP) is 4.43. The summed E-state index contributed by atoms with van der Waals surface area (Å²) in [5.41, 5.74) is 0.246.